The van der Waals surface area contributed by atoms with E-state index in [0.717, 1.165) is 9.88 Å². The molecule has 0 radical (unpaired) electrons. The average Bonchev–Trinajstić information content (AvgIpc) is 2.59. The summed E-state index contributed by atoms with van der Waals surface area (Å²) in [5.74, 6) is 0.353. The number of carbonyl (C=O) groups excluding carboxylic acids is 1. The van der Waals surface area contributed by atoms with Gasteiger partial charge in [0.2, 0.25) is 5.91 Å². The molecule has 1 atom stereocenters. The van der Waals surface area contributed by atoms with Crippen LogP contribution in [0.2, 0.25) is 0 Å². The van der Waals surface area contributed by atoms with Crippen molar-refractivity contribution in [3.05, 3.63) is 16.1 Å². The van der Waals surface area contributed by atoms with Crippen LogP contribution in [0.3, 0.4) is 0 Å². The van der Waals surface area contributed by atoms with Crippen LogP contribution < -0.4 is 11.1 Å². The molecule has 0 aromatic carbocycles. The molecular weight excluding hydrogens is 222 g/mol. The number of nitrogens with two attached hydrogens (primary N) is 1. The second-order valence-corrected chi connectivity index (χ2v) is 5.62. The van der Waals surface area contributed by atoms with Crippen LogP contribution in [0.1, 0.15) is 30.2 Å². The van der Waals surface area contributed by atoms with Gasteiger partial charge in [0.1, 0.15) is 0 Å². The first-order valence-electron chi connectivity index (χ1n) is 5.43. The number of hydrogen-bond acceptors (Lipinski definition) is 4. The quantitative estimate of drug-likeness (QED) is 0.819. The van der Waals surface area contributed by atoms with E-state index in [4.69, 9.17) is 5.73 Å². The largest absolute Gasteiger partial charge is 0.350 e. The van der Waals surface area contributed by atoms with Gasteiger partial charge in [-0.15, -0.1) is 11.3 Å². The van der Waals surface area contributed by atoms with E-state index >= 15 is 0 Å². The molecule has 1 amide bonds. The molecule has 0 saturated carbocycles. The summed E-state index contributed by atoms with van der Waals surface area (Å²) in [5, 5.41) is 3.83. The fraction of sp³-hybridized carbons (Fsp3) is 0.636. The zero-order valence-electron chi connectivity index (χ0n) is 9.99. The number of rotatable bonds is 5. The lowest BCUT2D eigenvalue weighted by Gasteiger charge is -2.13. The SMILES string of the molecule is Cc1ncc(CNC(=O)[C@H](N)CC(C)C)s1. The van der Waals surface area contributed by atoms with Crippen molar-refractivity contribution in [2.24, 2.45) is 11.7 Å². The Bertz CT molecular complexity index is 349. The fourth-order valence-corrected chi connectivity index (χ4v) is 2.14. The van der Waals surface area contributed by atoms with Crippen LogP contribution in [0.5, 0.6) is 0 Å². The molecule has 0 aliphatic carbocycles. The molecule has 0 saturated heterocycles. The highest BCUT2D eigenvalue weighted by Gasteiger charge is 2.14. The van der Waals surface area contributed by atoms with Crippen molar-refractivity contribution in [2.75, 3.05) is 0 Å². The predicted octanol–water partition coefficient (Wildman–Crippen LogP) is 1.44. The third kappa shape index (κ3) is 4.28. The highest BCUT2D eigenvalue weighted by Crippen LogP contribution is 2.11. The van der Waals surface area contributed by atoms with E-state index in [1.165, 1.54) is 0 Å². The number of aromatic nitrogens is 1. The molecule has 0 spiro atoms. The Morgan fingerprint density at radius 2 is 2.31 bits per heavy atom. The van der Waals surface area contributed by atoms with Gasteiger partial charge in [0.25, 0.3) is 0 Å². The first-order chi connectivity index (χ1) is 7.49. The van der Waals surface area contributed by atoms with Crippen molar-refractivity contribution in [3.63, 3.8) is 0 Å². The maximum absolute atomic E-state index is 11.6. The molecule has 0 aliphatic heterocycles. The number of carbonyl (C=O) groups is 1. The minimum Gasteiger partial charge on any atom is -0.350 e. The van der Waals surface area contributed by atoms with E-state index in [9.17, 15) is 4.79 Å². The van der Waals surface area contributed by atoms with Crippen molar-refractivity contribution >= 4 is 17.2 Å². The summed E-state index contributed by atoms with van der Waals surface area (Å²) in [5.41, 5.74) is 5.76. The van der Waals surface area contributed by atoms with Crippen LogP contribution in [0.25, 0.3) is 0 Å². The predicted molar refractivity (Wildman–Crippen MR) is 66.1 cm³/mol. The lowest BCUT2D eigenvalue weighted by molar-refractivity contribution is -0.122. The van der Waals surface area contributed by atoms with Gasteiger partial charge in [-0.1, -0.05) is 13.8 Å². The first-order valence-corrected chi connectivity index (χ1v) is 6.25. The second-order valence-electron chi connectivity index (χ2n) is 4.30. The lowest BCUT2D eigenvalue weighted by Crippen LogP contribution is -2.40. The highest BCUT2D eigenvalue weighted by molar-refractivity contribution is 7.11. The molecule has 3 N–H and O–H groups in total. The van der Waals surface area contributed by atoms with E-state index in [-0.39, 0.29) is 5.91 Å². The van der Waals surface area contributed by atoms with Crippen molar-refractivity contribution in [1.82, 2.24) is 10.3 Å². The van der Waals surface area contributed by atoms with Crippen LogP contribution in [-0.4, -0.2) is 16.9 Å². The van der Waals surface area contributed by atoms with Crippen LogP contribution >= 0.6 is 11.3 Å². The van der Waals surface area contributed by atoms with E-state index in [0.29, 0.717) is 18.9 Å². The van der Waals surface area contributed by atoms with Crippen LogP contribution in [0.15, 0.2) is 6.20 Å². The molecule has 1 aromatic rings. The Labute approximate surface area is 100 Å². The Kier molecular flexibility index (Phi) is 4.89. The van der Waals surface area contributed by atoms with Gasteiger partial charge in [0, 0.05) is 11.1 Å². The van der Waals surface area contributed by atoms with Crippen LogP contribution in [0, 0.1) is 12.8 Å². The molecule has 0 bridgehead atoms. The topological polar surface area (TPSA) is 68.0 Å². The molecule has 4 nitrogen and oxygen atoms in total. The molecule has 90 valence electrons. The molecular formula is C11H19N3OS. The van der Waals surface area contributed by atoms with Gasteiger partial charge in [-0.3, -0.25) is 4.79 Å². The van der Waals surface area contributed by atoms with E-state index in [1.807, 2.05) is 6.92 Å². The molecule has 0 aliphatic rings. The summed E-state index contributed by atoms with van der Waals surface area (Å²) >= 11 is 1.59. The Morgan fingerprint density at radius 1 is 1.62 bits per heavy atom. The Morgan fingerprint density at radius 3 is 2.81 bits per heavy atom. The molecule has 0 fully saturated rings. The Hall–Kier alpha value is -0.940. The normalized spacial score (nSPS) is 12.8. The van der Waals surface area contributed by atoms with Gasteiger partial charge in [-0.25, -0.2) is 4.98 Å². The molecule has 1 rings (SSSR count). The maximum atomic E-state index is 11.6. The van der Waals surface area contributed by atoms with E-state index < -0.39 is 6.04 Å². The van der Waals surface area contributed by atoms with Gasteiger partial charge in [-0.2, -0.15) is 0 Å². The summed E-state index contributed by atoms with van der Waals surface area (Å²) < 4.78 is 0. The average molecular weight is 241 g/mol. The van der Waals surface area contributed by atoms with Crippen molar-refractivity contribution in [2.45, 2.75) is 39.8 Å². The summed E-state index contributed by atoms with van der Waals surface area (Å²) in [6.45, 7) is 6.58. The summed E-state index contributed by atoms with van der Waals surface area (Å²) in [4.78, 5) is 16.8. The molecule has 0 unspecified atom stereocenters. The summed E-state index contributed by atoms with van der Waals surface area (Å²) in [6.07, 6.45) is 2.50. The summed E-state index contributed by atoms with van der Waals surface area (Å²) in [6, 6.07) is -0.408. The van der Waals surface area contributed by atoms with Gasteiger partial charge in [0.15, 0.2) is 0 Å². The molecule has 1 heterocycles. The molecule has 5 heteroatoms. The standard InChI is InChI=1S/C11H19N3OS/c1-7(2)4-10(12)11(15)14-6-9-5-13-8(3)16-9/h5,7,10H,4,6,12H2,1-3H3,(H,14,15)/t10-/m1/s1. The zero-order valence-corrected chi connectivity index (χ0v) is 10.8. The number of nitrogens with zero attached hydrogens (tertiary/aromatic N) is 1. The first kappa shape index (κ1) is 13.1. The Balaban J connectivity index is 2.35. The minimum atomic E-state index is -0.408. The van der Waals surface area contributed by atoms with Crippen LogP contribution in [-0.2, 0) is 11.3 Å². The zero-order chi connectivity index (χ0) is 12.1. The van der Waals surface area contributed by atoms with Crippen molar-refractivity contribution in [3.8, 4) is 0 Å². The number of aryl methyl sites for hydroxylation is 1. The number of hydrogen-bond donors (Lipinski definition) is 2. The summed E-state index contributed by atoms with van der Waals surface area (Å²) in [7, 11) is 0. The monoisotopic (exact) mass is 241 g/mol. The van der Waals surface area contributed by atoms with Gasteiger partial charge < -0.3 is 11.1 Å². The number of nitrogens with one attached hydrogen (secondary N) is 1. The van der Waals surface area contributed by atoms with Crippen LogP contribution in [0.4, 0.5) is 0 Å². The van der Waals surface area contributed by atoms with Crippen molar-refractivity contribution < 1.29 is 4.79 Å². The molecule has 1 aromatic heterocycles. The minimum absolute atomic E-state index is 0.0836. The third-order valence-electron chi connectivity index (χ3n) is 2.17. The second kappa shape index (κ2) is 5.96. The van der Waals surface area contributed by atoms with Gasteiger partial charge >= 0.3 is 0 Å². The van der Waals surface area contributed by atoms with E-state index in [2.05, 4.69) is 24.1 Å². The third-order valence-corrected chi connectivity index (χ3v) is 3.08. The van der Waals surface area contributed by atoms with Gasteiger partial charge in [-0.05, 0) is 19.3 Å². The highest BCUT2D eigenvalue weighted by atomic mass is 32.1. The van der Waals surface area contributed by atoms with Crippen molar-refractivity contribution in [1.29, 1.82) is 0 Å². The molecule has 16 heavy (non-hydrogen) atoms. The lowest BCUT2D eigenvalue weighted by atomic mass is 10.0. The smallest absolute Gasteiger partial charge is 0.237 e. The number of thiazole rings is 1. The van der Waals surface area contributed by atoms with E-state index in [1.54, 1.807) is 17.5 Å². The fourth-order valence-electron chi connectivity index (χ4n) is 1.41. The van der Waals surface area contributed by atoms with Gasteiger partial charge in [0.05, 0.1) is 17.6 Å². The number of amides is 1. The maximum Gasteiger partial charge on any atom is 0.237 e.